The maximum absolute atomic E-state index is 13.5. The average molecular weight is 528 g/mol. The predicted molar refractivity (Wildman–Crippen MR) is 135 cm³/mol. The van der Waals surface area contributed by atoms with E-state index in [0.717, 1.165) is 0 Å². The molecule has 1 heterocycles. The van der Waals surface area contributed by atoms with E-state index in [1.54, 1.807) is 0 Å². The summed E-state index contributed by atoms with van der Waals surface area (Å²) in [6, 6.07) is 8.94. The number of hydrogen-bond acceptors (Lipinski definition) is 6. The number of likely N-dealkylation sites (tertiary alicyclic amines) is 1. The molecule has 1 aliphatic heterocycles. The second kappa shape index (κ2) is 12.7. The summed E-state index contributed by atoms with van der Waals surface area (Å²) >= 11 is 0. The lowest BCUT2D eigenvalue weighted by molar-refractivity contribution is -0.384. The number of piperidine rings is 1. The van der Waals surface area contributed by atoms with Gasteiger partial charge in [0, 0.05) is 45.0 Å². The Balaban J connectivity index is 1.82. The van der Waals surface area contributed by atoms with E-state index >= 15 is 0 Å². The lowest BCUT2D eigenvalue weighted by Crippen LogP contribution is -2.57. The monoisotopic (exact) mass is 527 g/mol. The van der Waals surface area contributed by atoms with Crippen LogP contribution in [-0.4, -0.2) is 58.6 Å². The molecule has 0 aliphatic carbocycles. The zero-order valence-electron chi connectivity index (χ0n) is 20.9. The third kappa shape index (κ3) is 7.82. The zero-order valence-corrected chi connectivity index (χ0v) is 20.9. The van der Waals surface area contributed by atoms with Gasteiger partial charge in [-0.15, -0.1) is 0 Å². The van der Waals surface area contributed by atoms with E-state index in [2.05, 4.69) is 10.6 Å². The quantitative estimate of drug-likeness (QED) is 0.311. The number of carbonyl (C=O) groups excluding carboxylic acids is 4. The molecule has 0 bridgehead atoms. The normalized spacial score (nSPS) is 16.7. The van der Waals surface area contributed by atoms with Crippen LogP contribution in [0.3, 0.4) is 0 Å². The first-order valence-corrected chi connectivity index (χ1v) is 12.2. The van der Waals surface area contributed by atoms with Crippen LogP contribution >= 0.6 is 0 Å². The number of benzene rings is 2. The van der Waals surface area contributed by atoms with E-state index in [1.165, 1.54) is 60.4 Å². The molecule has 11 nitrogen and oxygen atoms in total. The molecule has 2 aromatic rings. The first kappa shape index (κ1) is 28.2. The number of nitro groups is 1. The Hall–Kier alpha value is -4.35. The van der Waals surface area contributed by atoms with Gasteiger partial charge in [0.1, 0.15) is 17.9 Å². The Morgan fingerprint density at radius 2 is 1.61 bits per heavy atom. The summed E-state index contributed by atoms with van der Waals surface area (Å²) in [5.41, 5.74) is 6.49. The molecule has 4 N–H and O–H groups in total. The number of nitrogens with one attached hydrogen (secondary N) is 2. The van der Waals surface area contributed by atoms with Crippen molar-refractivity contribution >= 4 is 29.3 Å². The molecule has 0 saturated carbocycles. The lowest BCUT2D eigenvalue weighted by Gasteiger charge is -2.34. The minimum absolute atomic E-state index is 0.0222. The van der Waals surface area contributed by atoms with Crippen molar-refractivity contribution < 1.29 is 28.5 Å². The fourth-order valence-electron chi connectivity index (χ4n) is 4.40. The first-order valence-electron chi connectivity index (χ1n) is 12.2. The highest BCUT2D eigenvalue weighted by molar-refractivity contribution is 5.92. The predicted octanol–water partition coefficient (Wildman–Crippen LogP) is 1.23. The van der Waals surface area contributed by atoms with Gasteiger partial charge in [-0.3, -0.25) is 29.3 Å². The van der Waals surface area contributed by atoms with E-state index < -0.39 is 52.4 Å². The molecule has 3 atom stereocenters. The first-order chi connectivity index (χ1) is 18.0. The number of hydrogen-bond donors (Lipinski definition) is 3. The van der Waals surface area contributed by atoms with Crippen LogP contribution in [0.4, 0.5) is 10.1 Å². The zero-order chi connectivity index (χ0) is 27.8. The SMILES string of the molecule is CC(=O)N[C@@H](Cc1ccc([N+](=O)[O-])cc1)C(=O)N[C@@H](Cc1ccc(F)cc1)C(=O)N1CCCC(C(N)=O)C1. The molecule has 4 amide bonds. The highest BCUT2D eigenvalue weighted by Crippen LogP contribution is 2.19. The third-order valence-electron chi connectivity index (χ3n) is 6.38. The molecule has 202 valence electrons. The van der Waals surface area contributed by atoms with Crippen LogP contribution in [0.1, 0.15) is 30.9 Å². The topological polar surface area (TPSA) is 165 Å². The Morgan fingerprint density at radius 1 is 1.03 bits per heavy atom. The summed E-state index contributed by atoms with van der Waals surface area (Å²) < 4.78 is 13.4. The molecular weight excluding hydrogens is 497 g/mol. The smallest absolute Gasteiger partial charge is 0.269 e. The summed E-state index contributed by atoms with van der Waals surface area (Å²) in [5, 5.41) is 16.2. The van der Waals surface area contributed by atoms with Crippen molar-refractivity contribution in [3.63, 3.8) is 0 Å². The van der Waals surface area contributed by atoms with Crippen LogP contribution in [0, 0.1) is 21.8 Å². The molecule has 1 saturated heterocycles. The summed E-state index contributed by atoms with van der Waals surface area (Å²) in [7, 11) is 0. The largest absolute Gasteiger partial charge is 0.369 e. The van der Waals surface area contributed by atoms with Crippen molar-refractivity contribution in [3.05, 3.63) is 75.6 Å². The molecule has 2 aromatic carbocycles. The molecule has 0 spiro atoms. The van der Waals surface area contributed by atoms with Gasteiger partial charge >= 0.3 is 0 Å². The van der Waals surface area contributed by atoms with E-state index in [4.69, 9.17) is 5.73 Å². The van der Waals surface area contributed by atoms with Crippen LogP contribution in [0.15, 0.2) is 48.5 Å². The Morgan fingerprint density at radius 3 is 2.16 bits per heavy atom. The number of amides is 4. The maximum Gasteiger partial charge on any atom is 0.269 e. The summed E-state index contributed by atoms with van der Waals surface area (Å²) in [4.78, 5) is 62.3. The van der Waals surface area contributed by atoms with Gasteiger partial charge in [-0.25, -0.2) is 4.39 Å². The van der Waals surface area contributed by atoms with Crippen LogP contribution in [0.2, 0.25) is 0 Å². The second-order valence-corrected chi connectivity index (χ2v) is 9.30. The van der Waals surface area contributed by atoms with Crippen LogP contribution in [0.5, 0.6) is 0 Å². The molecule has 3 rings (SSSR count). The van der Waals surface area contributed by atoms with E-state index in [9.17, 15) is 33.7 Å². The van der Waals surface area contributed by atoms with Crippen molar-refractivity contribution in [2.45, 2.75) is 44.7 Å². The number of nitro benzene ring substituents is 1. The van der Waals surface area contributed by atoms with Gasteiger partial charge in [0.2, 0.25) is 23.6 Å². The molecule has 0 aromatic heterocycles. The van der Waals surface area contributed by atoms with Crippen LogP contribution in [-0.2, 0) is 32.0 Å². The van der Waals surface area contributed by atoms with E-state index in [0.29, 0.717) is 30.5 Å². The Kier molecular flexibility index (Phi) is 9.47. The number of nitrogens with two attached hydrogens (primary N) is 1. The molecule has 1 unspecified atom stereocenters. The molecule has 38 heavy (non-hydrogen) atoms. The van der Waals surface area contributed by atoms with E-state index in [-0.39, 0.29) is 25.1 Å². The van der Waals surface area contributed by atoms with Crippen molar-refractivity contribution in [1.29, 1.82) is 0 Å². The number of carbonyl (C=O) groups is 4. The van der Waals surface area contributed by atoms with Gasteiger partial charge in [-0.2, -0.15) is 0 Å². The van der Waals surface area contributed by atoms with Crippen LogP contribution in [0.25, 0.3) is 0 Å². The summed E-state index contributed by atoms with van der Waals surface area (Å²) in [6.07, 6.45) is 1.21. The van der Waals surface area contributed by atoms with Gasteiger partial charge in [-0.05, 0) is 36.1 Å². The number of nitrogens with zero attached hydrogens (tertiary/aromatic N) is 2. The van der Waals surface area contributed by atoms with Crippen molar-refractivity contribution in [1.82, 2.24) is 15.5 Å². The molecule has 1 fully saturated rings. The number of non-ortho nitro benzene ring substituents is 1. The Bertz CT molecular complexity index is 1190. The highest BCUT2D eigenvalue weighted by atomic mass is 19.1. The standard InChI is InChI=1S/C26H30FN5O6/c1-16(33)29-22(13-18-6-10-21(11-7-18)32(37)38)25(35)30-23(14-17-4-8-20(27)9-5-17)26(36)31-12-2-3-19(15-31)24(28)34/h4-11,19,22-23H,2-3,12-15H2,1H3,(H2,28,34)(H,29,33)(H,30,35)/t19?,22-,23-/m0/s1. The minimum Gasteiger partial charge on any atom is -0.369 e. The maximum atomic E-state index is 13.5. The average Bonchev–Trinajstić information content (AvgIpc) is 2.88. The van der Waals surface area contributed by atoms with Crippen molar-refractivity contribution in [2.75, 3.05) is 13.1 Å². The van der Waals surface area contributed by atoms with Gasteiger partial charge in [0.15, 0.2) is 0 Å². The molecule has 12 heteroatoms. The van der Waals surface area contributed by atoms with Gasteiger partial charge in [-0.1, -0.05) is 24.3 Å². The number of primary amides is 1. The van der Waals surface area contributed by atoms with Crippen LogP contribution < -0.4 is 16.4 Å². The minimum atomic E-state index is -1.07. The summed E-state index contributed by atoms with van der Waals surface area (Å²) in [5.74, 6) is -2.99. The fraction of sp³-hybridized carbons (Fsp3) is 0.385. The second-order valence-electron chi connectivity index (χ2n) is 9.30. The molecular formula is C26H30FN5O6. The van der Waals surface area contributed by atoms with Gasteiger partial charge in [0.25, 0.3) is 5.69 Å². The highest BCUT2D eigenvalue weighted by Gasteiger charge is 2.33. The Labute approximate surface area is 218 Å². The van der Waals surface area contributed by atoms with Gasteiger partial charge in [0.05, 0.1) is 10.8 Å². The number of halogens is 1. The lowest BCUT2D eigenvalue weighted by atomic mass is 9.95. The van der Waals surface area contributed by atoms with Gasteiger partial charge < -0.3 is 21.3 Å². The number of rotatable bonds is 10. The fourth-order valence-corrected chi connectivity index (χ4v) is 4.40. The van der Waals surface area contributed by atoms with Crippen molar-refractivity contribution in [3.8, 4) is 0 Å². The van der Waals surface area contributed by atoms with Crippen molar-refractivity contribution in [2.24, 2.45) is 11.7 Å². The van der Waals surface area contributed by atoms with E-state index in [1.807, 2.05) is 0 Å². The summed E-state index contributed by atoms with van der Waals surface area (Å²) in [6.45, 7) is 1.76. The third-order valence-corrected chi connectivity index (χ3v) is 6.38. The molecule has 0 radical (unpaired) electrons. The molecule has 1 aliphatic rings.